The molecule has 1 N–H and O–H groups in total. The number of anilines is 1. The number of hydrogen-bond donors (Lipinski definition) is 1. The topological polar surface area (TPSA) is 53.4 Å². The number of likely N-dealkylation sites (N-methyl/N-ethyl adjacent to an activating group) is 1. The highest BCUT2D eigenvalue weighted by molar-refractivity contribution is 9.10. The maximum atomic E-state index is 11.7. The molecule has 1 aliphatic rings. The van der Waals surface area contributed by atoms with E-state index in [4.69, 9.17) is 0 Å². The third kappa shape index (κ3) is 2.85. The molecule has 1 saturated heterocycles. The van der Waals surface area contributed by atoms with Crippen LogP contribution in [0.3, 0.4) is 0 Å². The zero-order valence-corrected chi connectivity index (χ0v) is 11.6. The van der Waals surface area contributed by atoms with Crippen LogP contribution in [-0.4, -0.2) is 52.9 Å². The van der Waals surface area contributed by atoms with E-state index in [1.807, 2.05) is 0 Å². The summed E-state index contributed by atoms with van der Waals surface area (Å²) in [6.45, 7) is 3.89. The van der Waals surface area contributed by atoms with Gasteiger partial charge in [-0.3, -0.25) is 4.79 Å². The second-order valence-electron chi connectivity index (χ2n) is 4.20. The second-order valence-corrected chi connectivity index (χ2v) is 5.00. The van der Waals surface area contributed by atoms with Gasteiger partial charge in [0.05, 0.1) is 11.9 Å². The molecule has 94 valence electrons. The van der Waals surface area contributed by atoms with Crippen LogP contribution in [0.5, 0.6) is 0 Å². The summed E-state index contributed by atoms with van der Waals surface area (Å²) in [4.78, 5) is 13.9. The Morgan fingerprint density at radius 3 is 2.59 bits per heavy atom. The number of nitrogens with one attached hydrogen (secondary N) is 1. The summed E-state index contributed by atoms with van der Waals surface area (Å²) < 4.78 is 1.83. The van der Waals surface area contributed by atoms with Crippen molar-refractivity contribution in [2.24, 2.45) is 7.05 Å². The molecule has 7 heteroatoms. The highest BCUT2D eigenvalue weighted by Gasteiger charge is 2.15. The molecule has 2 rings (SSSR count). The number of halogens is 1. The minimum atomic E-state index is -0.135. The molecule has 0 bridgehead atoms. The average Bonchev–Trinajstić information content (AvgIpc) is 2.33. The van der Waals surface area contributed by atoms with E-state index < -0.39 is 0 Å². The zero-order chi connectivity index (χ0) is 12.4. The van der Waals surface area contributed by atoms with Gasteiger partial charge < -0.3 is 10.3 Å². The van der Waals surface area contributed by atoms with Crippen molar-refractivity contribution in [1.29, 1.82) is 0 Å². The van der Waals surface area contributed by atoms with Crippen LogP contribution in [-0.2, 0) is 7.05 Å². The van der Waals surface area contributed by atoms with E-state index in [1.165, 1.54) is 4.68 Å². The number of nitrogens with zero attached hydrogens (tertiary/aromatic N) is 4. The summed E-state index contributed by atoms with van der Waals surface area (Å²) in [5, 5.41) is 6.09. The number of piperazine rings is 1. The van der Waals surface area contributed by atoms with Crippen molar-refractivity contribution in [3.63, 3.8) is 0 Å². The van der Waals surface area contributed by atoms with Crippen LogP contribution in [0.4, 0.5) is 5.69 Å². The Balaban J connectivity index is 2.09. The summed E-state index contributed by atoms with van der Waals surface area (Å²) in [5.74, 6) is 0. The number of rotatable bonds is 2. The van der Waals surface area contributed by atoms with Gasteiger partial charge in [0.25, 0.3) is 5.56 Å². The first-order valence-electron chi connectivity index (χ1n) is 5.50. The van der Waals surface area contributed by atoms with Crippen LogP contribution in [0.15, 0.2) is 15.5 Å². The van der Waals surface area contributed by atoms with Crippen molar-refractivity contribution in [3.8, 4) is 0 Å². The highest BCUT2D eigenvalue weighted by Crippen LogP contribution is 2.17. The normalized spacial score (nSPS) is 18.3. The largest absolute Gasteiger partial charge is 0.316 e. The molecule has 1 aromatic heterocycles. The van der Waals surface area contributed by atoms with E-state index in [-0.39, 0.29) is 5.56 Å². The van der Waals surface area contributed by atoms with Crippen molar-refractivity contribution in [3.05, 3.63) is 21.0 Å². The average molecular weight is 302 g/mol. The van der Waals surface area contributed by atoms with Crippen LogP contribution in [0, 0.1) is 0 Å². The van der Waals surface area contributed by atoms with Gasteiger partial charge in [0.15, 0.2) is 0 Å². The van der Waals surface area contributed by atoms with E-state index >= 15 is 0 Å². The van der Waals surface area contributed by atoms with Gasteiger partial charge in [-0.1, -0.05) is 0 Å². The van der Waals surface area contributed by atoms with Gasteiger partial charge in [-0.2, -0.15) is 5.10 Å². The maximum absolute atomic E-state index is 11.7. The molecule has 0 aliphatic carbocycles. The Bertz CT molecular complexity index is 452. The number of hydrogen-bond acceptors (Lipinski definition) is 5. The van der Waals surface area contributed by atoms with Gasteiger partial charge in [0.2, 0.25) is 0 Å². The summed E-state index contributed by atoms with van der Waals surface area (Å²) in [6.07, 6.45) is 1.66. The molecule has 1 fully saturated rings. The van der Waals surface area contributed by atoms with Crippen LogP contribution >= 0.6 is 15.9 Å². The summed E-state index contributed by atoms with van der Waals surface area (Å²) in [5.41, 5.74) is 3.81. The van der Waals surface area contributed by atoms with Crippen molar-refractivity contribution in [2.75, 3.05) is 38.7 Å². The fourth-order valence-electron chi connectivity index (χ4n) is 1.68. The Kier molecular flexibility index (Phi) is 3.80. The predicted molar refractivity (Wildman–Crippen MR) is 69.9 cm³/mol. The molecule has 0 radical (unpaired) electrons. The maximum Gasteiger partial charge on any atom is 0.282 e. The van der Waals surface area contributed by atoms with Crippen molar-refractivity contribution in [2.45, 2.75) is 0 Å². The van der Waals surface area contributed by atoms with Gasteiger partial charge in [-0.15, -0.1) is 0 Å². The summed E-state index contributed by atoms with van der Waals surface area (Å²) >= 11 is 3.30. The van der Waals surface area contributed by atoms with Gasteiger partial charge in [0.1, 0.15) is 4.47 Å². The van der Waals surface area contributed by atoms with Gasteiger partial charge in [-0.25, -0.2) is 9.69 Å². The third-order valence-electron chi connectivity index (χ3n) is 2.86. The zero-order valence-electron chi connectivity index (χ0n) is 9.98. The number of hydrazine groups is 1. The standard InChI is InChI=1S/C10H16BrN5O/c1-14-3-5-16(6-4-14)13-8-7-12-15(2)10(17)9(8)11/h7,13H,3-6H2,1-2H3. The molecule has 0 aromatic carbocycles. The Labute approximate surface area is 108 Å². The quantitative estimate of drug-likeness (QED) is 0.841. The lowest BCUT2D eigenvalue weighted by Gasteiger charge is -2.33. The Morgan fingerprint density at radius 1 is 1.29 bits per heavy atom. The smallest absolute Gasteiger partial charge is 0.282 e. The first-order valence-corrected chi connectivity index (χ1v) is 6.29. The summed E-state index contributed by atoms with van der Waals surface area (Å²) in [7, 11) is 3.74. The van der Waals surface area contributed by atoms with Crippen molar-refractivity contribution < 1.29 is 0 Å². The highest BCUT2D eigenvalue weighted by atomic mass is 79.9. The van der Waals surface area contributed by atoms with Gasteiger partial charge >= 0.3 is 0 Å². The van der Waals surface area contributed by atoms with E-state index in [0.29, 0.717) is 4.47 Å². The first-order chi connectivity index (χ1) is 8.08. The van der Waals surface area contributed by atoms with E-state index in [9.17, 15) is 4.79 Å². The van der Waals surface area contributed by atoms with Gasteiger partial charge in [0, 0.05) is 33.2 Å². The molecular formula is C10H16BrN5O. The first kappa shape index (κ1) is 12.5. The molecule has 6 nitrogen and oxygen atoms in total. The minimum absolute atomic E-state index is 0.135. The lowest BCUT2D eigenvalue weighted by atomic mass is 10.4. The molecule has 0 amide bonds. The lowest BCUT2D eigenvalue weighted by molar-refractivity contribution is 0.179. The SMILES string of the molecule is CN1CCN(Nc2cnn(C)c(=O)c2Br)CC1. The van der Waals surface area contributed by atoms with Crippen LogP contribution < -0.4 is 11.0 Å². The fourth-order valence-corrected chi connectivity index (χ4v) is 2.12. The van der Waals surface area contributed by atoms with Crippen LogP contribution in [0.1, 0.15) is 0 Å². The van der Waals surface area contributed by atoms with Crippen LogP contribution in [0.2, 0.25) is 0 Å². The molecule has 0 atom stereocenters. The second kappa shape index (κ2) is 5.16. The monoisotopic (exact) mass is 301 g/mol. The third-order valence-corrected chi connectivity index (χ3v) is 3.63. The van der Waals surface area contributed by atoms with Crippen molar-refractivity contribution >= 4 is 21.6 Å². The van der Waals surface area contributed by atoms with Gasteiger partial charge in [-0.05, 0) is 23.0 Å². The molecular weight excluding hydrogens is 286 g/mol. The Hall–Kier alpha value is -0.920. The molecule has 1 aliphatic heterocycles. The molecule has 1 aromatic rings. The Morgan fingerprint density at radius 2 is 1.94 bits per heavy atom. The molecule has 0 saturated carbocycles. The fraction of sp³-hybridized carbons (Fsp3) is 0.600. The van der Waals surface area contributed by atoms with Crippen LogP contribution in [0.25, 0.3) is 0 Å². The summed E-state index contributed by atoms with van der Waals surface area (Å²) in [6, 6.07) is 0. The molecule has 2 heterocycles. The van der Waals surface area contributed by atoms with E-state index in [2.05, 4.69) is 43.4 Å². The number of aryl methyl sites for hydroxylation is 1. The van der Waals surface area contributed by atoms with E-state index in [0.717, 1.165) is 31.9 Å². The molecule has 0 spiro atoms. The minimum Gasteiger partial charge on any atom is -0.316 e. The lowest BCUT2D eigenvalue weighted by Crippen LogP contribution is -2.47. The number of aromatic nitrogens is 2. The van der Waals surface area contributed by atoms with Crippen molar-refractivity contribution in [1.82, 2.24) is 19.7 Å². The molecule has 0 unspecified atom stereocenters. The van der Waals surface area contributed by atoms with E-state index in [1.54, 1.807) is 13.2 Å². The predicted octanol–water partition coefficient (Wildman–Crippen LogP) is 0.117. The molecule has 17 heavy (non-hydrogen) atoms.